The molecule has 0 aliphatic carbocycles. The Morgan fingerprint density at radius 1 is 1.39 bits per heavy atom. The average Bonchev–Trinajstić information content (AvgIpc) is 2.96. The van der Waals surface area contributed by atoms with Crippen molar-refractivity contribution in [2.24, 2.45) is 0 Å². The number of nitrogens with zero attached hydrogens (tertiary/aromatic N) is 3. The van der Waals surface area contributed by atoms with Gasteiger partial charge in [-0.25, -0.2) is 0 Å². The van der Waals surface area contributed by atoms with Gasteiger partial charge in [-0.3, -0.25) is 0 Å². The first-order chi connectivity index (χ1) is 8.78. The summed E-state index contributed by atoms with van der Waals surface area (Å²) >= 11 is 0. The molecule has 0 spiro atoms. The van der Waals surface area contributed by atoms with E-state index in [1.807, 2.05) is 6.92 Å². The minimum Gasteiger partial charge on any atom is -0.359 e. The minimum absolute atomic E-state index is 0.486. The molecule has 18 heavy (non-hydrogen) atoms. The monoisotopic (exact) mass is 243 g/mol. The maximum atomic E-state index is 5.28. The highest BCUT2D eigenvalue weighted by molar-refractivity contribution is 5.59. The van der Waals surface area contributed by atoms with Crippen molar-refractivity contribution in [3.63, 3.8) is 0 Å². The Bertz CT molecular complexity index is 549. The zero-order chi connectivity index (χ0) is 12.5. The van der Waals surface area contributed by atoms with Crippen molar-refractivity contribution < 1.29 is 4.52 Å². The second-order valence-corrected chi connectivity index (χ2v) is 4.77. The molecule has 94 valence electrons. The number of benzene rings is 1. The smallest absolute Gasteiger partial charge is 0.246 e. The molecule has 4 heteroatoms. The Hall–Kier alpha value is -1.84. The van der Waals surface area contributed by atoms with Crippen LogP contribution in [0.2, 0.25) is 0 Å². The molecule has 1 aliphatic heterocycles. The Morgan fingerprint density at radius 2 is 2.22 bits per heavy atom. The van der Waals surface area contributed by atoms with E-state index in [0.29, 0.717) is 18.5 Å². The molecule has 0 bridgehead atoms. The summed E-state index contributed by atoms with van der Waals surface area (Å²) in [7, 11) is 0. The van der Waals surface area contributed by atoms with Gasteiger partial charge < -0.3 is 9.42 Å². The predicted molar refractivity (Wildman–Crippen MR) is 69.5 cm³/mol. The molecule has 2 aromatic rings. The fraction of sp³-hybridized carbons (Fsp3) is 0.429. The van der Waals surface area contributed by atoms with Gasteiger partial charge in [0, 0.05) is 18.2 Å². The van der Waals surface area contributed by atoms with Crippen LogP contribution in [0, 0.1) is 0 Å². The van der Waals surface area contributed by atoms with Crippen LogP contribution in [-0.4, -0.2) is 16.2 Å². The van der Waals surface area contributed by atoms with Crippen molar-refractivity contribution in [2.75, 3.05) is 4.90 Å². The molecule has 0 saturated heterocycles. The minimum atomic E-state index is 0.486. The van der Waals surface area contributed by atoms with Crippen LogP contribution < -0.4 is 4.90 Å². The molecular formula is C14H17N3O. The topological polar surface area (TPSA) is 42.2 Å². The Balaban J connectivity index is 1.84. The Kier molecular flexibility index (Phi) is 2.78. The standard InChI is InChI=1S/C14H17N3O/c1-3-13-15-14(18-16-13)9-17-10(2)8-11-6-4-5-7-12(11)17/h4-7,10H,3,8-9H2,1-2H3/t10-/m1/s1. The highest BCUT2D eigenvalue weighted by atomic mass is 16.5. The molecule has 2 heterocycles. The van der Waals surface area contributed by atoms with Crippen molar-refractivity contribution in [2.45, 2.75) is 39.3 Å². The molecule has 4 nitrogen and oxygen atoms in total. The van der Waals surface area contributed by atoms with E-state index in [0.717, 1.165) is 18.7 Å². The largest absolute Gasteiger partial charge is 0.359 e. The SMILES string of the molecule is CCc1noc(CN2c3ccccc3C[C@H]2C)n1. The summed E-state index contributed by atoms with van der Waals surface area (Å²) in [4.78, 5) is 6.72. The Morgan fingerprint density at radius 3 is 3.00 bits per heavy atom. The number of hydrogen-bond donors (Lipinski definition) is 0. The van der Waals surface area contributed by atoms with Crippen molar-refractivity contribution in [3.8, 4) is 0 Å². The molecule has 0 unspecified atom stereocenters. The van der Waals surface area contributed by atoms with E-state index in [1.54, 1.807) is 0 Å². The van der Waals surface area contributed by atoms with E-state index in [9.17, 15) is 0 Å². The third kappa shape index (κ3) is 1.88. The fourth-order valence-corrected chi connectivity index (χ4v) is 2.51. The fourth-order valence-electron chi connectivity index (χ4n) is 2.51. The highest BCUT2D eigenvalue weighted by Crippen LogP contribution is 2.32. The molecule has 0 fully saturated rings. The number of aryl methyl sites for hydroxylation is 1. The summed E-state index contributed by atoms with van der Waals surface area (Å²) in [6.07, 6.45) is 1.90. The summed E-state index contributed by atoms with van der Waals surface area (Å²) in [6, 6.07) is 9.01. The predicted octanol–water partition coefficient (Wildman–Crippen LogP) is 2.58. The number of hydrogen-bond acceptors (Lipinski definition) is 4. The third-order valence-electron chi connectivity index (χ3n) is 3.48. The van der Waals surface area contributed by atoms with Gasteiger partial charge in [-0.15, -0.1) is 0 Å². The average molecular weight is 243 g/mol. The van der Waals surface area contributed by atoms with Crippen molar-refractivity contribution >= 4 is 5.69 Å². The van der Waals surface area contributed by atoms with Gasteiger partial charge >= 0.3 is 0 Å². The van der Waals surface area contributed by atoms with E-state index in [2.05, 4.69) is 46.2 Å². The van der Waals surface area contributed by atoms with Crippen LogP contribution in [0.5, 0.6) is 0 Å². The summed E-state index contributed by atoms with van der Waals surface area (Å²) in [5.74, 6) is 1.49. The first kappa shape index (κ1) is 11.3. The van der Waals surface area contributed by atoms with Crippen molar-refractivity contribution in [3.05, 3.63) is 41.5 Å². The van der Waals surface area contributed by atoms with Gasteiger partial charge in [0.2, 0.25) is 5.89 Å². The van der Waals surface area contributed by atoms with Gasteiger partial charge in [0.1, 0.15) is 0 Å². The first-order valence-electron chi connectivity index (χ1n) is 6.44. The van der Waals surface area contributed by atoms with E-state index in [4.69, 9.17) is 4.52 Å². The van der Waals surface area contributed by atoms with E-state index < -0.39 is 0 Å². The number of anilines is 1. The van der Waals surface area contributed by atoms with Crippen LogP contribution >= 0.6 is 0 Å². The van der Waals surface area contributed by atoms with Crippen LogP contribution in [0.15, 0.2) is 28.8 Å². The second kappa shape index (κ2) is 4.44. The molecule has 0 saturated carbocycles. The van der Waals surface area contributed by atoms with Gasteiger partial charge in [0.25, 0.3) is 0 Å². The molecule has 0 radical (unpaired) electrons. The van der Waals surface area contributed by atoms with Gasteiger partial charge in [0.05, 0.1) is 6.54 Å². The molecule has 0 N–H and O–H groups in total. The maximum Gasteiger partial charge on any atom is 0.246 e. The molecule has 1 aliphatic rings. The maximum absolute atomic E-state index is 5.28. The van der Waals surface area contributed by atoms with Crippen LogP contribution in [0.3, 0.4) is 0 Å². The third-order valence-corrected chi connectivity index (χ3v) is 3.48. The molecule has 3 rings (SSSR count). The summed E-state index contributed by atoms with van der Waals surface area (Å²) in [6.45, 7) is 4.96. The normalized spacial score (nSPS) is 18.1. The lowest BCUT2D eigenvalue weighted by molar-refractivity contribution is 0.369. The number of rotatable bonds is 3. The lowest BCUT2D eigenvalue weighted by Gasteiger charge is -2.22. The zero-order valence-electron chi connectivity index (χ0n) is 10.8. The molecule has 0 amide bonds. The first-order valence-corrected chi connectivity index (χ1v) is 6.44. The van der Waals surface area contributed by atoms with Crippen LogP contribution in [0.4, 0.5) is 5.69 Å². The number of fused-ring (bicyclic) bond motifs is 1. The van der Waals surface area contributed by atoms with Gasteiger partial charge in [-0.1, -0.05) is 30.3 Å². The van der Waals surface area contributed by atoms with Gasteiger partial charge in [0.15, 0.2) is 5.82 Å². The van der Waals surface area contributed by atoms with Crippen molar-refractivity contribution in [1.82, 2.24) is 10.1 Å². The highest BCUT2D eigenvalue weighted by Gasteiger charge is 2.26. The summed E-state index contributed by atoms with van der Waals surface area (Å²) < 4.78 is 5.28. The molecule has 1 aromatic carbocycles. The Labute approximate surface area is 107 Å². The summed E-state index contributed by atoms with van der Waals surface area (Å²) in [5, 5.41) is 3.94. The van der Waals surface area contributed by atoms with Crippen LogP contribution in [0.25, 0.3) is 0 Å². The van der Waals surface area contributed by atoms with Crippen LogP contribution in [-0.2, 0) is 19.4 Å². The van der Waals surface area contributed by atoms with Crippen molar-refractivity contribution in [1.29, 1.82) is 0 Å². The quantitative estimate of drug-likeness (QED) is 0.831. The van der Waals surface area contributed by atoms with Gasteiger partial charge in [-0.05, 0) is 25.0 Å². The second-order valence-electron chi connectivity index (χ2n) is 4.77. The molecule has 1 aromatic heterocycles. The zero-order valence-corrected chi connectivity index (χ0v) is 10.8. The van der Waals surface area contributed by atoms with E-state index >= 15 is 0 Å². The van der Waals surface area contributed by atoms with Crippen LogP contribution in [0.1, 0.15) is 31.1 Å². The van der Waals surface area contributed by atoms with E-state index in [-0.39, 0.29) is 0 Å². The number of para-hydroxylation sites is 1. The lowest BCUT2D eigenvalue weighted by Crippen LogP contribution is -2.28. The van der Waals surface area contributed by atoms with E-state index in [1.165, 1.54) is 11.3 Å². The summed E-state index contributed by atoms with van der Waals surface area (Å²) in [5.41, 5.74) is 2.70. The molecule has 1 atom stereocenters. The lowest BCUT2D eigenvalue weighted by atomic mass is 10.1. The molecular weight excluding hydrogens is 226 g/mol. The number of aromatic nitrogens is 2. The van der Waals surface area contributed by atoms with Gasteiger partial charge in [-0.2, -0.15) is 4.98 Å².